The molecular formula is C24H30O5S. The lowest BCUT2D eigenvalue weighted by Gasteiger charge is -2.34. The highest BCUT2D eigenvalue weighted by molar-refractivity contribution is 7.99. The number of carbonyl (C=O) groups excluding carboxylic acids is 1. The van der Waals surface area contributed by atoms with E-state index < -0.39 is 5.79 Å². The zero-order chi connectivity index (χ0) is 22.0. The average Bonchev–Trinajstić information content (AvgIpc) is 2.76. The van der Waals surface area contributed by atoms with Crippen LogP contribution in [0.2, 0.25) is 0 Å². The van der Waals surface area contributed by atoms with E-state index >= 15 is 0 Å². The van der Waals surface area contributed by atoms with Crippen molar-refractivity contribution in [2.45, 2.75) is 31.5 Å². The summed E-state index contributed by atoms with van der Waals surface area (Å²) in [6.45, 7) is 10.5. The summed E-state index contributed by atoms with van der Waals surface area (Å²) in [5.41, 5.74) is 2.22. The molecule has 0 amide bonds. The van der Waals surface area contributed by atoms with E-state index in [0.29, 0.717) is 31.1 Å². The summed E-state index contributed by atoms with van der Waals surface area (Å²) in [5.74, 6) is 0.0953. The maximum Gasteiger partial charge on any atom is 0.333 e. The molecule has 0 atom stereocenters. The van der Waals surface area contributed by atoms with Crippen LogP contribution in [0.25, 0.3) is 0 Å². The fraction of sp³-hybridized carbons (Fsp3) is 0.375. The lowest BCUT2D eigenvalue weighted by molar-refractivity contribution is -0.213. The third kappa shape index (κ3) is 6.11. The molecule has 2 aromatic carbocycles. The lowest BCUT2D eigenvalue weighted by Crippen LogP contribution is -2.34. The summed E-state index contributed by atoms with van der Waals surface area (Å²) < 4.78 is 22.7. The Morgan fingerprint density at radius 2 is 1.50 bits per heavy atom. The average molecular weight is 431 g/mol. The zero-order valence-electron chi connectivity index (χ0n) is 18.1. The molecule has 5 nitrogen and oxygen atoms in total. The van der Waals surface area contributed by atoms with Crippen LogP contribution in [0.1, 0.15) is 31.9 Å². The molecule has 0 aliphatic rings. The normalized spacial score (nSPS) is 11.2. The smallest absolute Gasteiger partial charge is 0.333 e. The second-order valence-electron chi connectivity index (χ2n) is 6.50. The van der Waals surface area contributed by atoms with Crippen molar-refractivity contribution in [1.29, 1.82) is 0 Å². The first-order valence-corrected chi connectivity index (χ1v) is 10.9. The van der Waals surface area contributed by atoms with Crippen LogP contribution in [0.4, 0.5) is 0 Å². The van der Waals surface area contributed by atoms with Crippen LogP contribution in [0.5, 0.6) is 5.75 Å². The minimum absolute atomic E-state index is 0.339. The van der Waals surface area contributed by atoms with Gasteiger partial charge in [0.1, 0.15) is 12.4 Å². The minimum Gasteiger partial charge on any atom is -0.497 e. The Balaban J connectivity index is 2.18. The molecule has 6 heteroatoms. The molecule has 162 valence electrons. The van der Waals surface area contributed by atoms with Crippen molar-refractivity contribution >= 4 is 17.7 Å². The van der Waals surface area contributed by atoms with Gasteiger partial charge in [0.05, 0.1) is 7.11 Å². The Morgan fingerprint density at radius 1 is 0.967 bits per heavy atom. The third-order valence-corrected chi connectivity index (χ3v) is 5.31. The van der Waals surface area contributed by atoms with Gasteiger partial charge in [-0.15, -0.1) is 11.8 Å². The van der Waals surface area contributed by atoms with E-state index in [0.717, 1.165) is 21.8 Å². The van der Waals surface area contributed by atoms with Crippen LogP contribution in [0, 0.1) is 0 Å². The molecule has 2 aromatic rings. The standard InChI is InChI=1S/C24H30O5S/c1-6-28-24(29-7-2,19-8-12-21(26-5)13-9-19)20-10-14-22(15-11-20)30-17-16-27-23(25)18(3)4/h8-15H,3,6-7,16-17H2,1-2,4-5H3. The quantitative estimate of drug-likeness (QED) is 0.152. The minimum atomic E-state index is -0.990. The summed E-state index contributed by atoms with van der Waals surface area (Å²) in [5, 5.41) is 0. The largest absolute Gasteiger partial charge is 0.497 e. The second kappa shape index (κ2) is 11.8. The number of methoxy groups -OCH3 is 1. The van der Waals surface area contributed by atoms with Gasteiger partial charge in [-0.05, 0) is 57.2 Å². The molecule has 0 aliphatic carbocycles. The zero-order valence-corrected chi connectivity index (χ0v) is 18.9. The molecule has 0 unspecified atom stereocenters. The predicted octanol–water partition coefficient (Wildman–Crippen LogP) is 5.18. The van der Waals surface area contributed by atoms with Gasteiger partial charge in [-0.25, -0.2) is 4.79 Å². The van der Waals surface area contributed by atoms with E-state index in [1.165, 1.54) is 0 Å². The monoisotopic (exact) mass is 430 g/mol. The van der Waals surface area contributed by atoms with Crippen LogP contribution >= 0.6 is 11.8 Å². The van der Waals surface area contributed by atoms with Crippen molar-refractivity contribution in [2.24, 2.45) is 0 Å². The molecule has 0 N–H and O–H groups in total. The topological polar surface area (TPSA) is 54.0 Å². The first-order valence-electron chi connectivity index (χ1n) is 9.95. The fourth-order valence-corrected chi connectivity index (χ4v) is 3.68. The van der Waals surface area contributed by atoms with Gasteiger partial charge in [-0.2, -0.15) is 0 Å². The van der Waals surface area contributed by atoms with E-state index in [4.69, 9.17) is 18.9 Å². The van der Waals surface area contributed by atoms with Crippen LogP contribution in [-0.2, 0) is 24.8 Å². The molecule has 0 saturated carbocycles. The highest BCUT2D eigenvalue weighted by atomic mass is 32.2. The molecule has 0 heterocycles. The van der Waals surface area contributed by atoms with Gasteiger partial charge >= 0.3 is 5.97 Å². The molecule has 0 fully saturated rings. The molecule has 0 saturated heterocycles. The number of hydrogen-bond acceptors (Lipinski definition) is 6. The van der Waals surface area contributed by atoms with Gasteiger partial charge in [0, 0.05) is 40.6 Å². The van der Waals surface area contributed by atoms with E-state index in [9.17, 15) is 4.79 Å². The third-order valence-electron chi connectivity index (χ3n) is 4.33. The van der Waals surface area contributed by atoms with E-state index in [1.807, 2.05) is 62.4 Å². The van der Waals surface area contributed by atoms with Gasteiger partial charge < -0.3 is 18.9 Å². The number of benzene rings is 2. The van der Waals surface area contributed by atoms with Gasteiger partial charge in [-0.3, -0.25) is 0 Å². The lowest BCUT2D eigenvalue weighted by atomic mass is 9.96. The number of ether oxygens (including phenoxy) is 4. The van der Waals surface area contributed by atoms with Crippen LogP contribution in [0.3, 0.4) is 0 Å². The van der Waals surface area contributed by atoms with Crippen LogP contribution < -0.4 is 4.74 Å². The summed E-state index contributed by atoms with van der Waals surface area (Å²) in [4.78, 5) is 12.5. The molecule has 0 radical (unpaired) electrons. The number of carbonyl (C=O) groups is 1. The first-order chi connectivity index (χ1) is 14.5. The fourth-order valence-electron chi connectivity index (χ4n) is 2.95. The van der Waals surface area contributed by atoms with Crippen molar-refractivity contribution in [1.82, 2.24) is 0 Å². The van der Waals surface area contributed by atoms with Gasteiger partial charge in [0.2, 0.25) is 5.79 Å². The van der Waals surface area contributed by atoms with E-state index in [-0.39, 0.29) is 5.97 Å². The molecule has 0 bridgehead atoms. The van der Waals surface area contributed by atoms with E-state index in [1.54, 1.807) is 25.8 Å². The molecule has 0 aliphatic heterocycles. The number of thioether (sulfide) groups is 1. The maximum atomic E-state index is 11.4. The highest BCUT2D eigenvalue weighted by Crippen LogP contribution is 2.37. The van der Waals surface area contributed by atoms with Crippen LogP contribution in [-0.4, -0.2) is 38.7 Å². The summed E-state index contributed by atoms with van der Waals surface area (Å²) >= 11 is 1.62. The Labute approximate surface area is 183 Å². The molecule has 2 rings (SSSR count). The Morgan fingerprint density at radius 3 is 1.97 bits per heavy atom. The summed E-state index contributed by atoms with van der Waals surface area (Å²) in [6.07, 6.45) is 0. The van der Waals surface area contributed by atoms with Crippen molar-refractivity contribution in [2.75, 3.05) is 32.7 Å². The molecular weight excluding hydrogens is 400 g/mol. The Hall–Kier alpha value is -2.28. The highest BCUT2D eigenvalue weighted by Gasteiger charge is 2.36. The van der Waals surface area contributed by atoms with Gasteiger partial charge in [0.15, 0.2) is 0 Å². The maximum absolute atomic E-state index is 11.4. The van der Waals surface area contributed by atoms with Gasteiger partial charge in [-0.1, -0.05) is 18.7 Å². The SMILES string of the molecule is C=C(C)C(=O)OCCSc1ccc(C(OCC)(OCC)c2ccc(OC)cc2)cc1. The van der Waals surface area contributed by atoms with Gasteiger partial charge in [0.25, 0.3) is 0 Å². The second-order valence-corrected chi connectivity index (χ2v) is 7.67. The Bertz CT molecular complexity index is 808. The van der Waals surface area contributed by atoms with Crippen molar-refractivity contribution in [3.8, 4) is 5.75 Å². The molecule has 30 heavy (non-hydrogen) atoms. The molecule has 0 aromatic heterocycles. The number of esters is 1. The predicted molar refractivity (Wildman–Crippen MR) is 120 cm³/mol. The van der Waals surface area contributed by atoms with Crippen molar-refractivity contribution in [3.05, 3.63) is 71.8 Å². The number of rotatable bonds is 12. The van der Waals surface area contributed by atoms with Crippen molar-refractivity contribution < 1.29 is 23.7 Å². The molecule has 0 spiro atoms. The van der Waals surface area contributed by atoms with Crippen LogP contribution in [0.15, 0.2) is 65.6 Å². The summed E-state index contributed by atoms with van der Waals surface area (Å²) in [6, 6.07) is 15.8. The first kappa shape index (κ1) is 24.0. The summed E-state index contributed by atoms with van der Waals surface area (Å²) in [7, 11) is 1.64. The van der Waals surface area contributed by atoms with E-state index in [2.05, 4.69) is 6.58 Å². The van der Waals surface area contributed by atoms with Crippen molar-refractivity contribution in [3.63, 3.8) is 0 Å². The number of hydrogen-bond donors (Lipinski definition) is 0. The Kier molecular flexibility index (Phi) is 9.43.